The molecule has 0 saturated heterocycles. The molecular weight excluding hydrogens is 236 g/mol. The maximum absolute atomic E-state index is 11.6. The summed E-state index contributed by atoms with van der Waals surface area (Å²) in [5.41, 5.74) is 4.75. The summed E-state index contributed by atoms with van der Waals surface area (Å²) in [6.07, 6.45) is 1.96. The lowest BCUT2D eigenvalue weighted by molar-refractivity contribution is -0.129. The van der Waals surface area contributed by atoms with Gasteiger partial charge in [0.15, 0.2) is 0 Å². The topological polar surface area (TPSA) is 33.2 Å². The molecule has 1 aromatic carbocycles. The van der Waals surface area contributed by atoms with E-state index in [0.29, 0.717) is 6.54 Å². The van der Waals surface area contributed by atoms with Crippen molar-refractivity contribution in [1.29, 1.82) is 0 Å². The van der Waals surface area contributed by atoms with Gasteiger partial charge in [0.25, 0.3) is 0 Å². The fraction of sp³-hybridized carbons (Fsp3) is 0.375. The van der Waals surface area contributed by atoms with E-state index in [1.165, 1.54) is 22.2 Å². The molecule has 2 aromatic rings. The number of carbonyl (C=O) groups is 1. The summed E-state index contributed by atoms with van der Waals surface area (Å²) in [6.45, 7) is 5.33. The van der Waals surface area contributed by atoms with Gasteiger partial charge < -0.3 is 4.90 Å². The van der Waals surface area contributed by atoms with E-state index in [4.69, 9.17) is 4.98 Å². The van der Waals surface area contributed by atoms with Crippen LogP contribution < -0.4 is 0 Å². The van der Waals surface area contributed by atoms with Crippen molar-refractivity contribution < 1.29 is 4.79 Å². The van der Waals surface area contributed by atoms with Gasteiger partial charge in [-0.25, -0.2) is 0 Å². The second-order valence-electron chi connectivity index (χ2n) is 5.22. The summed E-state index contributed by atoms with van der Waals surface area (Å²) in [5.74, 6) is 0.153. The zero-order chi connectivity index (χ0) is 13.4. The second-order valence-corrected chi connectivity index (χ2v) is 5.22. The molecule has 0 atom stereocenters. The van der Waals surface area contributed by atoms with Gasteiger partial charge in [-0.2, -0.15) is 0 Å². The van der Waals surface area contributed by atoms with Crippen molar-refractivity contribution in [2.75, 3.05) is 6.54 Å². The van der Waals surface area contributed by atoms with E-state index < -0.39 is 0 Å². The summed E-state index contributed by atoms with van der Waals surface area (Å²) in [5, 5.41) is 1.20. The molecule has 0 bridgehead atoms. The number of aryl methyl sites for hydroxylation is 2. The van der Waals surface area contributed by atoms with Gasteiger partial charge in [0.1, 0.15) is 0 Å². The third-order valence-corrected chi connectivity index (χ3v) is 4.00. The van der Waals surface area contributed by atoms with Crippen LogP contribution in [0.5, 0.6) is 0 Å². The van der Waals surface area contributed by atoms with Crippen LogP contribution in [-0.2, 0) is 17.8 Å². The Hall–Kier alpha value is -1.90. The van der Waals surface area contributed by atoms with Crippen molar-refractivity contribution in [2.24, 2.45) is 0 Å². The molecule has 98 valence electrons. The molecule has 0 aliphatic carbocycles. The van der Waals surface area contributed by atoms with Gasteiger partial charge in [0, 0.05) is 31.1 Å². The van der Waals surface area contributed by atoms with E-state index in [-0.39, 0.29) is 5.91 Å². The van der Waals surface area contributed by atoms with E-state index in [1.54, 1.807) is 6.92 Å². The Morgan fingerprint density at radius 3 is 2.89 bits per heavy atom. The molecule has 1 amide bonds. The Kier molecular flexibility index (Phi) is 2.97. The van der Waals surface area contributed by atoms with Crippen LogP contribution in [0.4, 0.5) is 0 Å². The molecule has 1 aromatic heterocycles. The minimum atomic E-state index is 0.153. The predicted molar refractivity (Wildman–Crippen MR) is 75.9 cm³/mol. The summed E-state index contributed by atoms with van der Waals surface area (Å²) in [4.78, 5) is 18.4. The zero-order valence-corrected chi connectivity index (χ0v) is 11.4. The standard InChI is InChI=1S/C16H18N2O/c1-11-13-6-3-4-7-15(13)17-16-8-5-9-18(12(2)19)10-14(11)16/h3-4,6-7H,5,8-10H2,1-2H3. The molecule has 0 spiro atoms. The number of nitrogens with zero attached hydrogens (tertiary/aromatic N) is 2. The molecule has 2 heterocycles. The molecule has 0 radical (unpaired) electrons. The number of fused-ring (bicyclic) bond motifs is 2. The third-order valence-electron chi connectivity index (χ3n) is 4.00. The fourth-order valence-electron chi connectivity index (χ4n) is 2.87. The number of hydrogen-bond acceptors (Lipinski definition) is 2. The van der Waals surface area contributed by atoms with Crippen LogP contribution in [0.1, 0.15) is 30.2 Å². The smallest absolute Gasteiger partial charge is 0.219 e. The molecule has 0 fully saturated rings. The monoisotopic (exact) mass is 254 g/mol. The number of amides is 1. The van der Waals surface area contributed by atoms with E-state index in [2.05, 4.69) is 19.1 Å². The number of para-hydroxylation sites is 1. The average molecular weight is 254 g/mol. The lowest BCUT2D eigenvalue weighted by atomic mass is 10.00. The molecule has 0 unspecified atom stereocenters. The molecule has 3 rings (SSSR count). The predicted octanol–water partition coefficient (Wildman–Crippen LogP) is 2.84. The molecule has 1 aliphatic heterocycles. The van der Waals surface area contributed by atoms with Crippen molar-refractivity contribution >= 4 is 16.8 Å². The first-order valence-corrected chi connectivity index (χ1v) is 6.79. The number of pyridine rings is 1. The first kappa shape index (κ1) is 12.2. The number of rotatable bonds is 0. The van der Waals surface area contributed by atoms with Gasteiger partial charge in [0.05, 0.1) is 5.52 Å². The number of carbonyl (C=O) groups excluding carboxylic acids is 1. The number of benzene rings is 1. The molecule has 3 nitrogen and oxygen atoms in total. The Balaban J connectivity index is 2.17. The lowest BCUT2D eigenvalue weighted by Crippen LogP contribution is -2.28. The second kappa shape index (κ2) is 4.65. The lowest BCUT2D eigenvalue weighted by Gasteiger charge is -2.20. The third kappa shape index (κ3) is 2.09. The molecule has 19 heavy (non-hydrogen) atoms. The average Bonchev–Trinajstić information content (AvgIpc) is 2.62. The van der Waals surface area contributed by atoms with E-state index in [1.807, 2.05) is 17.0 Å². The Morgan fingerprint density at radius 1 is 1.32 bits per heavy atom. The van der Waals surface area contributed by atoms with Crippen molar-refractivity contribution in [3.63, 3.8) is 0 Å². The van der Waals surface area contributed by atoms with Crippen LogP contribution in [0.2, 0.25) is 0 Å². The Labute approximate surface area is 113 Å². The van der Waals surface area contributed by atoms with Gasteiger partial charge in [-0.3, -0.25) is 9.78 Å². The molecule has 0 N–H and O–H groups in total. The molecule has 3 heteroatoms. The number of aromatic nitrogens is 1. The van der Waals surface area contributed by atoms with Crippen LogP contribution in [0.15, 0.2) is 24.3 Å². The summed E-state index contributed by atoms with van der Waals surface area (Å²) >= 11 is 0. The number of hydrogen-bond donors (Lipinski definition) is 0. The van der Waals surface area contributed by atoms with Crippen LogP contribution >= 0.6 is 0 Å². The van der Waals surface area contributed by atoms with Crippen molar-refractivity contribution in [2.45, 2.75) is 33.2 Å². The Morgan fingerprint density at radius 2 is 2.11 bits per heavy atom. The molecule has 1 aliphatic rings. The van der Waals surface area contributed by atoms with Gasteiger partial charge in [-0.15, -0.1) is 0 Å². The van der Waals surface area contributed by atoms with Crippen LogP contribution in [0.3, 0.4) is 0 Å². The van der Waals surface area contributed by atoms with Crippen LogP contribution in [-0.4, -0.2) is 22.3 Å². The largest absolute Gasteiger partial charge is 0.339 e. The van der Waals surface area contributed by atoms with E-state index in [9.17, 15) is 4.79 Å². The van der Waals surface area contributed by atoms with Crippen molar-refractivity contribution in [3.8, 4) is 0 Å². The van der Waals surface area contributed by atoms with Crippen molar-refractivity contribution in [3.05, 3.63) is 41.1 Å². The maximum atomic E-state index is 11.6. The summed E-state index contributed by atoms with van der Waals surface area (Å²) in [6, 6.07) is 8.25. The van der Waals surface area contributed by atoms with Gasteiger partial charge >= 0.3 is 0 Å². The quantitative estimate of drug-likeness (QED) is 0.724. The van der Waals surface area contributed by atoms with Crippen molar-refractivity contribution in [1.82, 2.24) is 9.88 Å². The van der Waals surface area contributed by atoms with E-state index in [0.717, 1.165) is 24.9 Å². The first-order valence-electron chi connectivity index (χ1n) is 6.79. The highest BCUT2D eigenvalue weighted by molar-refractivity contribution is 5.83. The minimum Gasteiger partial charge on any atom is -0.339 e. The van der Waals surface area contributed by atoms with Gasteiger partial charge in [-0.05, 0) is 37.0 Å². The maximum Gasteiger partial charge on any atom is 0.219 e. The van der Waals surface area contributed by atoms with Gasteiger partial charge in [-0.1, -0.05) is 18.2 Å². The zero-order valence-electron chi connectivity index (χ0n) is 11.4. The molecule has 0 saturated carbocycles. The summed E-state index contributed by atoms with van der Waals surface area (Å²) < 4.78 is 0. The fourth-order valence-corrected chi connectivity index (χ4v) is 2.87. The van der Waals surface area contributed by atoms with E-state index >= 15 is 0 Å². The highest BCUT2D eigenvalue weighted by Gasteiger charge is 2.20. The Bertz CT molecular complexity index is 648. The highest BCUT2D eigenvalue weighted by Crippen LogP contribution is 2.26. The van der Waals surface area contributed by atoms with Crippen LogP contribution in [0, 0.1) is 6.92 Å². The highest BCUT2D eigenvalue weighted by atomic mass is 16.2. The normalized spacial score (nSPS) is 15.2. The SMILES string of the molecule is CC(=O)N1CCCc2nc3ccccc3c(C)c2C1. The minimum absolute atomic E-state index is 0.153. The molecular formula is C16H18N2O. The summed E-state index contributed by atoms with van der Waals surface area (Å²) in [7, 11) is 0. The van der Waals surface area contributed by atoms with Crippen LogP contribution in [0.25, 0.3) is 10.9 Å². The first-order chi connectivity index (χ1) is 9.16. The van der Waals surface area contributed by atoms with Gasteiger partial charge in [0.2, 0.25) is 5.91 Å².